The van der Waals surface area contributed by atoms with Crippen molar-refractivity contribution in [2.45, 2.75) is 11.1 Å². The molecule has 13 heteroatoms. The van der Waals surface area contributed by atoms with Crippen molar-refractivity contribution in [3.63, 3.8) is 0 Å². The Balaban J connectivity index is 2.23. The smallest absolute Gasteiger partial charge is 0.351 e. The highest BCUT2D eigenvalue weighted by atomic mass is 32.2. The number of anilines is 1. The van der Waals surface area contributed by atoms with E-state index in [2.05, 4.69) is 5.10 Å². The number of carbonyl (C=O) groups excluding carboxylic acids is 1. The van der Waals surface area contributed by atoms with Crippen molar-refractivity contribution in [1.29, 1.82) is 0 Å². The van der Waals surface area contributed by atoms with Gasteiger partial charge in [0.05, 0.1) is 16.3 Å². The number of carbonyl (C=O) groups is 1. The van der Waals surface area contributed by atoms with Gasteiger partial charge in [-0.05, 0) is 48.5 Å². The number of primary amides is 1. The van der Waals surface area contributed by atoms with Gasteiger partial charge in [-0.2, -0.15) is 18.3 Å². The fourth-order valence-electron chi connectivity index (χ4n) is 2.73. The second-order valence-electron chi connectivity index (χ2n) is 6.42. The number of aromatic nitrogens is 2. The zero-order valence-electron chi connectivity index (χ0n) is 15.8. The third kappa shape index (κ3) is 4.51. The summed E-state index contributed by atoms with van der Waals surface area (Å²) >= 11 is 0. The zero-order chi connectivity index (χ0) is 23.1. The quantitative estimate of drug-likeness (QED) is 0.585. The van der Waals surface area contributed by atoms with E-state index in [0.717, 1.165) is 33.8 Å². The summed E-state index contributed by atoms with van der Waals surface area (Å²) in [6.45, 7) is 0. The molecule has 0 unspecified atom stereocenters. The molecule has 1 aromatic heterocycles. The van der Waals surface area contributed by atoms with Crippen LogP contribution in [-0.2, 0) is 16.2 Å². The lowest BCUT2D eigenvalue weighted by Crippen LogP contribution is -2.31. The summed E-state index contributed by atoms with van der Waals surface area (Å²) in [4.78, 5) is 12.1. The molecule has 0 bridgehead atoms. The molecule has 0 aliphatic rings. The van der Waals surface area contributed by atoms with E-state index >= 15 is 0 Å². The normalized spacial score (nSPS) is 12.1. The maximum atomic E-state index is 14.6. The number of rotatable bonds is 4. The lowest BCUT2D eigenvalue weighted by Gasteiger charge is -2.16. The molecule has 0 atom stereocenters. The van der Waals surface area contributed by atoms with Crippen LogP contribution in [0.5, 0.6) is 0 Å². The first-order valence-electron chi connectivity index (χ1n) is 8.42. The number of urea groups is 1. The van der Waals surface area contributed by atoms with Crippen LogP contribution in [-0.4, -0.2) is 31.3 Å². The van der Waals surface area contributed by atoms with Gasteiger partial charge in [-0.15, -0.1) is 0 Å². The number of halogens is 4. The maximum absolute atomic E-state index is 14.6. The van der Waals surface area contributed by atoms with E-state index in [9.17, 15) is 30.8 Å². The summed E-state index contributed by atoms with van der Waals surface area (Å²) in [5.74, 6) is -0.877. The molecule has 8 nitrogen and oxygen atoms in total. The molecule has 31 heavy (non-hydrogen) atoms. The summed E-state index contributed by atoms with van der Waals surface area (Å²) < 4.78 is 78.2. The molecular weight excluding hydrogens is 442 g/mol. The summed E-state index contributed by atoms with van der Waals surface area (Å²) in [5.41, 5.74) is 3.48. The SMILES string of the molecule is CN(C(N)=O)c1ccc(F)c(-c2cc(C(F)(F)F)nn2-c2ccc(S(N)(=O)=O)cc2)c1. The molecule has 0 aliphatic carbocycles. The first-order chi connectivity index (χ1) is 14.3. The minimum Gasteiger partial charge on any atom is -0.351 e. The van der Waals surface area contributed by atoms with Crippen molar-refractivity contribution >= 4 is 21.7 Å². The molecule has 4 N–H and O–H groups in total. The average molecular weight is 457 g/mol. The molecule has 2 aromatic carbocycles. The van der Waals surface area contributed by atoms with Crippen LogP contribution in [0.15, 0.2) is 53.4 Å². The Labute approximate surface area is 173 Å². The third-order valence-electron chi connectivity index (χ3n) is 4.35. The van der Waals surface area contributed by atoms with Crippen LogP contribution >= 0.6 is 0 Å². The Bertz CT molecular complexity index is 1250. The number of sulfonamides is 1. The van der Waals surface area contributed by atoms with Gasteiger partial charge in [0.1, 0.15) is 5.82 Å². The highest BCUT2D eigenvalue weighted by molar-refractivity contribution is 7.89. The Morgan fingerprint density at radius 1 is 1.10 bits per heavy atom. The highest BCUT2D eigenvalue weighted by Gasteiger charge is 2.35. The lowest BCUT2D eigenvalue weighted by atomic mass is 10.1. The number of hydrogen-bond donors (Lipinski definition) is 2. The zero-order valence-corrected chi connectivity index (χ0v) is 16.6. The van der Waals surface area contributed by atoms with Gasteiger partial charge >= 0.3 is 12.2 Å². The van der Waals surface area contributed by atoms with E-state index in [1.165, 1.54) is 25.2 Å². The van der Waals surface area contributed by atoms with Gasteiger partial charge in [-0.25, -0.2) is 27.4 Å². The van der Waals surface area contributed by atoms with Crippen LogP contribution in [0.3, 0.4) is 0 Å². The Kier molecular flexibility index (Phi) is 5.50. The summed E-state index contributed by atoms with van der Waals surface area (Å²) in [7, 11) is -2.72. The largest absolute Gasteiger partial charge is 0.435 e. The molecule has 0 saturated carbocycles. The molecule has 3 rings (SSSR count). The van der Waals surface area contributed by atoms with Gasteiger partial charge in [0.2, 0.25) is 10.0 Å². The van der Waals surface area contributed by atoms with E-state index in [1.807, 2.05) is 0 Å². The lowest BCUT2D eigenvalue weighted by molar-refractivity contribution is -0.141. The van der Waals surface area contributed by atoms with Gasteiger partial charge in [0, 0.05) is 18.3 Å². The Morgan fingerprint density at radius 2 is 1.71 bits per heavy atom. The molecule has 0 aliphatic heterocycles. The van der Waals surface area contributed by atoms with Gasteiger partial charge in [-0.3, -0.25) is 4.90 Å². The van der Waals surface area contributed by atoms with Gasteiger partial charge in [-0.1, -0.05) is 0 Å². The second kappa shape index (κ2) is 7.67. The highest BCUT2D eigenvalue weighted by Crippen LogP contribution is 2.35. The van der Waals surface area contributed by atoms with Crippen molar-refractivity contribution in [2.24, 2.45) is 10.9 Å². The minimum absolute atomic E-state index is 0.0194. The molecule has 2 amide bonds. The third-order valence-corrected chi connectivity index (χ3v) is 5.28. The summed E-state index contributed by atoms with van der Waals surface area (Å²) in [6.07, 6.45) is -4.83. The van der Waals surface area contributed by atoms with E-state index in [4.69, 9.17) is 10.9 Å². The van der Waals surface area contributed by atoms with E-state index in [-0.39, 0.29) is 27.5 Å². The Hall–Kier alpha value is -3.45. The van der Waals surface area contributed by atoms with Crippen LogP contribution in [0.2, 0.25) is 0 Å². The number of hydrogen-bond acceptors (Lipinski definition) is 4. The number of primary sulfonamides is 1. The monoisotopic (exact) mass is 457 g/mol. The predicted molar refractivity (Wildman–Crippen MR) is 103 cm³/mol. The first kappa shape index (κ1) is 22.2. The molecular formula is C18H15F4N5O3S. The summed E-state index contributed by atoms with van der Waals surface area (Å²) in [6, 6.07) is 7.64. The van der Waals surface area contributed by atoms with Crippen molar-refractivity contribution in [2.75, 3.05) is 11.9 Å². The number of nitrogens with zero attached hydrogens (tertiary/aromatic N) is 3. The van der Waals surface area contributed by atoms with Crippen molar-refractivity contribution < 1.29 is 30.8 Å². The van der Waals surface area contributed by atoms with Crippen LogP contribution in [0.4, 0.5) is 28.0 Å². The molecule has 0 spiro atoms. The van der Waals surface area contributed by atoms with Gasteiger partial charge in [0.15, 0.2) is 5.69 Å². The number of nitrogens with two attached hydrogens (primary N) is 2. The van der Waals surface area contributed by atoms with Crippen LogP contribution in [0.25, 0.3) is 16.9 Å². The predicted octanol–water partition coefficient (Wildman–Crippen LogP) is 2.86. The van der Waals surface area contributed by atoms with Crippen molar-refractivity contribution in [1.82, 2.24) is 9.78 Å². The van der Waals surface area contributed by atoms with Crippen molar-refractivity contribution in [3.05, 3.63) is 60.0 Å². The topological polar surface area (TPSA) is 124 Å². The Morgan fingerprint density at radius 3 is 2.23 bits per heavy atom. The van der Waals surface area contributed by atoms with Gasteiger partial charge < -0.3 is 5.73 Å². The van der Waals surface area contributed by atoms with Crippen LogP contribution < -0.4 is 15.8 Å². The molecule has 0 saturated heterocycles. The minimum atomic E-state index is -4.83. The fraction of sp³-hybridized carbons (Fsp3) is 0.111. The number of benzene rings is 2. The van der Waals surface area contributed by atoms with E-state index in [1.54, 1.807) is 0 Å². The van der Waals surface area contributed by atoms with Crippen LogP contribution in [0, 0.1) is 5.82 Å². The first-order valence-corrected chi connectivity index (χ1v) is 9.97. The van der Waals surface area contributed by atoms with Gasteiger partial charge in [0.25, 0.3) is 0 Å². The summed E-state index contributed by atoms with van der Waals surface area (Å²) in [5, 5.41) is 8.54. The maximum Gasteiger partial charge on any atom is 0.435 e. The number of alkyl halides is 3. The van der Waals surface area contributed by atoms with Crippen LogP contribution in [0.1, 0.15) is 5.69 Å². The molecule has 164 valence electrons. The average Bonchev–Trinajstić information content (AvgIpc) is 3.13. The van der Waals surface area contributed by atoms with Crippen molar-refractivity contribution in [3.8, 4) is 16.9 Å². The second-order valence-corrected chi connectivity index (χ2v) is 7.99. The fourth-order valence-corrected chi connectivity index (χ4v) is 3.25. The molecule has 1 heterocycles. The molecule has 0 radical (unpaired) electrons. The standard InChI is InChI=1S/C18H15F4N5O3S/c1-26(17(23)28)11-4-7-14(19)13(8-11)15-9-16(18(20,21)22)25-27(15)10-2-5-12(6-3-10)31(24,29)30/h2-9H,1H3,(H2,23,28)(H2,24,29,30). The van der Waals surface area contributed by atoms with E-state index in [0.29, 0.717) is 6.07 Å². The van der Waals surface area contributed by atoms with E-state index < -0.39 is 33.7 Å². The molecule has 3 aromatic rings. The number of amides is 2. The molecule has 0 fully saturated rings.